The summed E-state index contributed by atoms with van der Waals surface area (Å²) in [5.41, 5.74) is 1.94. The molecule has 0 bridgehead atoms. The number of hydrogen-bond donors (Lipinski definition) is 1. The molecule has 0 unspecified atom stereocenters. The van der Waals surface area contributed by atoms with Gasteiger partial charge < -0.3 is 10.1 Å². The molecule has 0 radical (unpaired) electrons. The first kappa shape index (κ1) is 13.6. The van der Waals surface area contributed by atoms with Crippen molar-refractivity contribution in [2.45, 2.75) is 26.7 Å². The Labute approximate surface area is 113 Å². The third-order valence-corrected chi connectivity index (χ3v) is 3.40. The molecule has 1 aromatic carbocycles. The molecule has 19 heavy (non-hydrogen) atoms. The first-order chi connectivity index (χ1) is 9.10. The van der Waals surface area contributed by atoms with Crippen LogP contribution < -0.4 is 5.32 Å². The lowest BCUT2D eigenvalue weighted by molar-refractivity contribution is -0.148. The van der Waals surface area contributed by atoms with Crippen LogP contribution in [0.4, 0.5) is 5.69 Å². The minimum atomic E-state index is -0.300. The van der Waals surface area contributed by atoms with Crippen LogP contribution in [0.2, 0.25) is 0 Å². The summed E-state index contributed by atoms with van der Waals surface area (Å²) in [7, 11) is 0. The lowest BCUT2D eigenvalue weighted by Crippen LogP contribution is -2.21. The van der Waals surface area contributed by atoms with E-state index in [0.29, 0.717) is 5.92 Å². The van der Waals surface area contributed by atoms with E-state index in [-0.39, 0.29) is 24.4 Å². The first-order valence-electron chi connectivity index (χ1n) is 6.65. The molecule has 0 heterocycles. The topological polar surface area (TPSA) is 55.4 Å². The van der Waals surface area contributed by atoms with Crippen LogP contribution in [0.5, 0.6) is 0 Å². The highest BCUT2D eigenvalue weighted by atomic mass is 16.5. The van der Waals surface area contributed by atoms with Gasteiger partial charge in [0.1, 0.15) is 0 Å². The third-order valence-electron chi connectivity index (χ3n) is 3.40. The Balaban J connectivity index is 1.75. The van der Waals surface area contributed by atoms with Crippen molar-refractivity contribution in [1.82, 2.24) is 0 Å². The summed E-state index contributed by atoms with van der Waals surface area (Å²) in [5.74, 6) is -0.163. The van der Waals surface area contributed by atoms with Crippen LogP contribution in [0.3, 0.4) is 0 Å². The molecule has 0 aliphatic heterocycles. The molecular formula is C15H19NO3. The molecule has 0 spiro atoms. The van der Waals surface area contributed by atoms with Crippen molar-refractivity contribution in [2.75, 3.05) is 11.9 Å². The summed E-state index contributed by atoms with van der Waals surface area (Å²) < 4.78 is 4.96. The zero-order chi connectivity index (χ0) is 13.8. The van der Waals surface area contributed by atoms with Crippen LogP contribution >= 0.6 is 0 Å². The van der Waals surface area contributed by atoms with Crippen molar-refractivity contribution in [3.05, 3.63) is 29.8 Å². The van der Waals surface area contributed by atoms with E-state index in [1.54, 1.807) is 0 Å². The van der Waals surface area contributed by atoms with Crippen molar-refractivity contribution in [1.29, 1.82) is 0 Å². The van der Waals surface area contributed by atoms with Crippen molar-refractivity contribution < 1.29 is 14.3 Å². The fraction of sp³-hybridized carbons (Fsp3) is 0.467. The molecule has 0 aromatic heterocycles. The average Bonchev–Trinajstić information content (AvgIpc) is 3.14. The second-order valence-corrected chi connectivity index (χ2v) is 5.03. The summed E-state index contributed by atoms with van der Waals surface area (Å²) in [6.07, 6.45) is 1.84. The predicted octanol–water partition coefficient (Wildman–Crippen LogP) is 2.39. The van der Waals surface area contributed by atoms with Gasteiger partial charge in [-0.05, 0) is 36.5 Å². The van der Waals surface area contributed by atoms with E-state index in [1.165, 1.54) is 5.56 Å². The number of carbonyl (C=O) groups is 2. The molecule has 1 aliphatic rings. The number of ether oxygens (including phenoxy) is 1. The number of nitrogens with one attached hydrogen (secondary N) is 1. The quantitative estimate of drug-likeness (QED) is 0.828. The number of anilines is 1. The maximum atomic E-state index is 11.6. The maximum Gasteiger partial charge on any atom is 0.309 e. The van der Waals surface area contributed by atoms with Crippen LogP contribution in [0.25, 0.3) is 0 Å². The van der Waals surface area contributed by atoms with Gasteiger partial charge in [0.25, 0.3) is 5.91 Å². The van der Waals surface area contributed by atoms with Gasteiger partial charge in [0.15, 0.2) is 6.61 Å². The normalized spacial score (nSPS) is 20.7. The summed E-state index contributed by atoms with van der Waals surface area (Å²) in [5, 5.41) is 2.70. The third kappa shape index (κ3) is 3.81. The Morgan fingerprint density at radius 1 is 1.32 bits per heavy atom. The molecule has 1 amide bonds. The predicted molar refractivity (Wildman–Crippen MR) is 72.7 cm³/mol. The van der Waals surface area contributed by atoms with Crippen LogP contribution in [0, 0.1) is 11.8 Å². The van der Waals surface area contributed by atoms with E-state index in [4.69, 9.17) is 4.74 Å². The zero-order valence-corrected chi connectivity index (χ0v) is 11.3. The molecule has 1 aliphatic carbocycles. The molecule has 2 atom stereocenters. The van der Waals surface area contributed by atoms with E-state index < -0.39 is 0 Å². The molecule has 1 fully saturated rings. The van der Waals surface area contributed by atoms with Crippen LogP contribution in [0.15, 0.2) is 24.3 Å². The lowest BCUT2D eigenvalue weighted by atomic mass is 10.1. The van der Waals surface area contributed by atoms with Gasteiger partial charge >= 0.3 is 5.97 Å². The van der Waals surface area contributed by atoms with Crippen molar-refractivity contribution in [3.8, 4) is 0 Å². The Hall–Kier alpha value is -1.84. The van der Waals surface area contributed by atoms with Crippen LogP contribution in [-0.2, 0) is 20.7 Å². The highest BCUT2D eigenvalue weighted by Gasteiger charge is 2.40. The highest BCUT2D eigenvalue weighted by molar-refractivity contribution is 5.93. The van der Waals surface area contributed by atoms with Crippen LogP contribution in [0.1, 0.15) is 25.8 Å². The number of esters is 1. The largest absolute Gasteiger partial charge is 0.455 e. The fourth-order valence-corrected chi connectivity index (χ4v) is 1.92. The summed E-state index contributed by atoms with van der Waals surface area (Å²) in [4.78, 5) is 23.1. The van der Waals surface area contributed by atoms with E-state index >= 15 is 0 Å². The molecule has 4 heteroatoms. The smallest absolute Gasteiger partial charge is 0.309 e. The summed E-state index contributed by atoms with van der Waals surface area (Å²) >= 11 is 0. The van der Waals surface area contributed by atoms with E-state index in [0.717, 1.165) is 18.5 Å². The second kappa shape index (κ2) is 5.87. The second-order valence-electron chi connectivity index (χ2n) is 5.03. The first-order valence-corrected chi connectivity index (χ1v) is 6.65. The van der Waals surface area contributed by atoms with Gasteiger partial charge in [-0.15, -0.1) is 0 Å². The van der Waals surface area contributed by atoms with E-state index in [9.17, 15) is 9.59 Å². The Morgan fingerprint density at radius 3 is 2.47 bits per heavy atom. The Morgan fingerprint density at radius 2 is 1.95 bits per heavy atom. The molecule has 4 nitrogen and oxygen atoms in total. The Bertz CT molecular complexity index is 467. The minimum Gasteiger partial charge on any atom is -0.455 e. The summed E-state index contributed by atoms with van der Waals surface area (Å²) in [6, 6.07) is 7.63. The van der Waals surface area contributed by atoms with Gasteiger partial charge in [-0.2, -0.15) is 0 Å². The molecular weight excluding hydrogens is 242 g/mol. The van der Waals surface area contributed by atoms with Gasteiger partial charge in [0, 0.05) is 5.69 Å². The van der Waals surface area contributed by atoms with Crippen molar-refractivity contribution >= 4 is 17.6 Å². The van der Waals surface area contributed by atoms with E-state index in [1.807, 2.05) is 31.2 Å². The van der Waals surface area contributed by atoms with E-state index in [2.05, 4.69) is 12.2 Å². The van der Waals surface area contributed by atoms with Crippen LogP contribution in [-0.4, -0.2) is 18.5 Å². The molecule has 0 saturated heterocycles. The highest BCUT2D eigenvalue weighted by Crippen LogP contribution is 2.38. The number of carbonyl (C=O) groups excluding carboxylic acids is 2. The standard InChI is InChI=1S/C15H19NO3/c1-3-11-4-6-12(7-5-11)16-14(17)9-19-15(18)13-8-10(13)2/h4-7,10,13H,3,8-9H2,1-2H3,(H,16,17)/t10-,13+/m1/s1. The SMILES string of the molecule is CCc1ccc(NC(=O)COC(=O)[C@H]2C[C@H]2C)cc1. The minimum absolute atomic E-state index is 0.00311. The van der Waals surface area contributed by atoms with Gasteiger partial charge in [0.2, 0.25) is 0 Å². The summed E-state index contributed by atoms with van der Waals surface area (Å²) in [6.45, 7) is 3.87. The molecule has 102 valence electrons. The fourth-order valence-electron chi connectivity index (χ4n) is 1.92. The average molecular weight is 261 g/mol. The Kier molecular flexibility index (Phi) is 4.20. The monoisotopic (exact) mass is 261 g/mol. The number of hydrogen-bond acceptors (Lipinski definition) is 3. The number of amides is 1. The number of rotatable bonds is 5. The van der Waals surface area contributed by atoms with Crippen molar-refractivity contribution in [2.24, 2.45) is 11.8 Å². The van der Waals surface area contributed by atoms with Gasteiger partial charge in [0.05, 0.1) is 5.92 Å². The number of benzene rings is 1. The van der Waals surface area contributed by atoms with Crippen molar-refractivity contribution in [3.63, 3.8) is 0 Å². The zero-order valence-electron chi connectivity index (χ0n) is 11.3. The van der Waals surface area contributed by atoms with Gasteiger partial charge in [-0.25, -0.2) is 0 Å². The van der Waals surface area contributed by atoms with Gasteiger partial charge in [-0.3, -0.25) is 9.59 Å². The molecule has 1 saturated carbocycles. The lowest BCUT2D eigenvalue weighted by Gasteiger charge is -2.07. The molecule has 2 rings (SSSR count). The molecule has 1 aromatic rings. The maximum absolute atomic E-state index is 11.6. The number of aryl methyl sites for hydroxylation is 1. The molecule has 1 N–H and O–H groups in total. The van der Waals surface area contributed by atoms with Gasteiger partial charge in [-0.1, -0.05) is 26.0 Å².